The van der Waals surface area contributed by atoms with E-state index < -0.39 is 12.2 Å². The molecule has 0 saturated heterocycles. The van der Waals surface area contributed by atoms with Gasteiger partial charge < -0.3 is 19.8 Å². The number of hydrogen-bond acceptors (Lipinski definition) is 6. The molecule has 27 heavy (non-hydrogen) atoms. The Bertz CT molecular complexity index is 723. The maximum atomic E-state index is 12.7. The van der Waals surface area contributed by atoms with E-state index in [0.29, 0.717) is 24.5 Å². The SMILES string of the molecule is O=C(c1nccs1)N1CCCCCc2ccccc2OC[C@@H](O)[C@@H](O)CC1. The highest BCUT2D eigenvalue weighted by Crippen LogP contribution is 2.22. The molecule has 2 atom stereocenters. The van der Waals surface area contributed by atoms with E-state index in [1.807, 2.05) is 24.3 Å². The van der Waals surface area contributed by atoms with Crippen molar-refractivity contribution in [1.82, 2.24) is 9.88 Å². The van der Waals surface area contributed by atoms with E-state index in [2.05, 4.69) is 4.98 Å². The molecule has 0 spiro atoms. The van der Waals surface area contributed by atoms with Crippen LogP contribution in [0, 0.1) is 0 Å². The molecule has 3 rings (SSSR count). The number of benzene rings is 1. The zero-order valence-corrected chi connectivity index (χ0v) is 16.1. The first-order valence-corrected chi connectivity index (χ1v) is 10.3. The fourth-order valence-corrected chi connectivity index (χ4v) is 3.79. The van der Waals surface area contributed by atoms with Gasteiger partial charge in [-0.1, -0.05) is 24.6 Å². The lowest BCUT2D eigenvalue weighted by Gasteiger charge is -2.25. The first-order chi connectivity index (χ1) is 13.1. The van der Waals surface area contributed by atoms with Crippen molar-refractivity contribution in [2.24, 2.45) is 0 Å². The van der Waals surface area contributed by atoms with E-state index in [1.165, 1.54) is 11.3 Å². The maximum Gasteiger partial charge on any atom is 0.282 e. The minimum Gasteiger partial charge on any atom is -0.491 e. The molecule has 1 aliphatic heterocycles. The molecule has 0 saturated carbocycles. The molecule has 1 aliphatic rings. The molecule has 0 fully saturated rings. The van der Waals surface area contributed by atoms with Gasteiger partial charge >= 0.3 is 0 Å². The van der Waals surface area contributed by atoms with Crippen LogP contribution in [0.5, 0.6) is 5.75 Å². The van der Waals surface area contributed by atoms with E-state index >= 15 is 0 Å². The number of ether oxygens (including phenoxy) is 1. The molecule has 0 radical (unpaired) electrons. The van der Waals surface area contributed by atoms with Crippen molar-refractivity contribution in [3.63, 3.8) is 0 Å². The van der Waals surface area contributed by atoms with Crippen LogP contribution in [-0.2, 0) is 6.42 Å². The third-order valence-corrected chi connectivity index (χ3v) is 5.56. The summed E-state index contributed by atoms with van der Waals surface area (Å²) in [4.78, 5) is 18.5. The third kappa shape index (κ3) is 5.51. The summed E-state index contributed by atoms with van der Waals surface area (Å²) in [5.41, 5.74) is 1.10. The molecule has 7 heteroatoms. The zero-order valence-electron chi connectivity index (χ0n) is 15.3. The van der Waals surface area contributed by atoms with Crippen LogP contribution in [0.25, 0.3) is 0 Å². The second kappa shape index (κ2) is 9.82. The number of nitrogens with zero attached hydrogens (tertiary/aromatic N) is 2. The maximum absolute atomic E-state index is 12.7. The van der Waals surface area contributed by atoms with Gasteiger partial charge in [0.05, 0.1) is 6.10 Å². The molecule has 2 N–H and O–H groups in total. The summed E-state index contributed by atoms with van der Waals surface area (Å²) in [6.07, 6.45) is 3.74. The van der Waals surface area contributed by atoms with Gasteiger partial charge in [0.1, 0.15) is 18.5 Å². The highest BCUT2D eigenvalue weighted by atomic mass is 32.1. The Balaban J connectivity index is 1.69. The standard InChI is InChI=1S/C20H26N2O4S/c23-16-9-12-22(20(25)19-21-10-13-27-19)11-5-1-2-6-15-7-3-4-8-18(15)26-14-17(16)24/h3-4,7-8,10,13,16-17,23-24H,1-2,5-6,9,11-12,14H2/t16-,17+/m0/s1. The Morgan fingerprint density at radius 1 is 1.15 bits per heavy atom. The molecule has 6 nitrogen and oxygen atoms in total. The van der Waals surface area contributed by atoms with Crippen LogP contribution in [0.15, 0.2) is 35.8 Å². The number of carbonyl (C=O) groups is 1. The van der Waals surface area contributed by atoms with Crippen LogP contribution < -0.4 is 4.74 Å². The molecule has 1 aromatic carbocycles. The van der Waals surface area contributed by atoms with Crippen LogP contribution in [0.4, 0.5) is 0 Å². The third-order valence-electron chi connectivity index (χ3n) is 4.80. The summed E-state index contributed by atoms with van der Waals surface area (Å²) < 4.78 is 5.75. The van der Waals surface area contributed by atoms with Crippen LogP contribution >= 0.6 is 11.3 Å². The lowest BCUT2D eigenvalue weighted by molar-refractivity contribution is -0.0153. The number of aliphatic hydroxyl groups is 2. The molecule has 146 valence electrons. The predicted octanol–water partition coefficient (Wildman–Crippen LogP) is 2.50. The second-order valence-corrected chi connectivity index (χ2v) is 7.68. The fraction of sp³-hybridized carbons (Fsp3) is 0.500. The minimum atomic E-state index is -1.00. The molecular weight excluding hydrogens is 364 g/mol. The lowest BCUT2D eigenvalue weighted by atomic mass is 10.0. The molecule has 0 bridgehead atoms. The Morgan fingerprint density at radius 2 is 2.00 bits per heavy atom. The summed E-state index contributed by atoms with van der Waals surface area (Å²) in [6, 6.07) is 7.81. The van der Waals surface area contributed by atoms with E-state index in [4.69, 9.17) is 4.74 Å². The van der Waals surface area contributed by atoms with Gasteiger partial charge in [-0.3, -0.25) is 4.79 Å². The molecular formula is C20H26N2O4S. The minimum absolute atomic E-state index is 0.0264. The number of fused-ring (bicyclic) bond motifs is 1. The van der Waals surface area contributed by atoms with Gasteiger partial charge in [0.15, 0.2) is 5.01 Å². The van der Waals surface area contributed by atoms with Gasteiger partial charge in [-0.05, 0) is 37.3 Å². The van der Waals surface area contributed by atoms with Crippen molar-refractivity contribution in [3.05, 3.63) is 46.4 Å². The van der Waals surface area contributed by atoms with Crippen molar-refractivity contribution < 1.29 is 19.7 Å². The number of para-hydroxylation sites is 1. The predicted molar refractivity (Wildman–Crippen MR) is 104 cm³/mol. The molecule has 2 heterocycles. The van der Waals surface area contributed by atoms with E-state index in [9.17, 15) is 15.0 Å². The second-order valence-electron chi connectivity index (χ2n) is 6.78. The van der Waals surface area contributed by atoms with Gasteiger partial charge in [0.25, 0.3) is 5.91 Å². The Morgan fingerprint density at radius 3 is 2.81 bits per heavy atom. The molecule has 0 aliphatic carbocycles. The van der Waals surface area contributed by atoms with E-state index in [1.54, 1.807) is 16.5 Å². The van der Waals surface area contributed by atoms with Crippen molar-refractivity contribution in [1.29, 1.82) is 0 Å². The summed E-state index contributed by atoms with van der Waals surface area (Å²) in [5.74, 6) is 0.654. The lowest BCUT2D eigenvalue weighted by Crippen LogP contribution is -2.38. The topological polar surface area (TPSA) is 82.9 Å². The number of aryl methyl sites for hydroxylation is 1. The summed E-state index contributed by atoms with van der Waals surface area (Å²) in [5, 5.41) is 22.8. The molecule has 1 aromatic heterocycles. The number of aliphatic hydroxyl groups excluding tert-OH is 2. The zero-order chi connectivity index (χ0) is 19.1. The largest absolute Gasteiger partial charge is 0.491 e. The highest BCUT2D eigenvalue weighted by Gasteiger charge is 2.23. The van der Waals surface area contributed by atoms with Crippen LogP contribution in [0.2, 0.25) is 0 Å². The number of thiazole rings is 1. The van der Waals surface area contributed by atoms with Crippen molar-refractivity contribution in [2.75, 3.05) is 19.7 Å². The van der Waals surface area contributed by atoms with Gasteiger partial charge in [-0.2, -0.15) is 0 Å². The number of carbonyl (C=O) groups excluding carboxylic acids is 1. The van der Waals surface area contributed by atoms with Crippen LogP contribution in [0.1, 0.15) is 41.0 Å². The van der Waals surface area contributed by atoms with Gasteiger partial charge in [0.2, 0.25) is 0 Å². The normalized spacial score (nSPS) is 22.4. The first kappa shape index (κ1) is 19.8. The van der Waals surface area contributed by atoms with Gasteiger partial charge in [0, 0.05) is 24.7 Å². The Labute approximate surface area is 163 Å². The van der Waals surface area contributed by atoms with E-state index in [-0.39, 0.29) is 12.5 Å². The first-order valence-electron chi connectivity index (χ1n) is 9.41. The molecule has 2 aromatic rings. The average Bonchev–Trinajstić information content (AvgIpc) is 3.22. The average molecular weight is 391 g/mol. The van der Waals surface area contributed by atoms with Crippen molar-refractivity contribution in [3.8, 4) is 5.75 Å². The summed E-state index contributed by atoms with van der Waals surface area (Å²) in [6.45, 7) is 1.03. The smallest absolute Gasteiger partial charge is 0.282 e. The van der Waals surface area contributed by atoms with Gasteiger partial charge in [-0.15, -0.1) is 11.3 Å². The Kier molecular flexibility index (Phi) is 7.20. The number of hydrogen-bond donors (Lipinski definition) is 2. The van der Waals surface area contributed by atoms with Gasteiger partial charge in [-0.25, -0.2) is 4.98 Å². The van der Waals surface area contributed by atoms with Crippen LogP contribution in [0.3, 0.4) is 0 Å². The fourth-order valence-electron chi connectivity index (χ4n) is 3.19. The quantitative estimate of drug-likeness (QED) is 0.782. The van der Waals surface area contributed by atoms with Crippen molar-refractivity contribution >= 4 is 17.2 Å². The molecule has 1 amide bonds. The Hall–Kier alpha value is -1.96. The summed E-state index contributed by atoms with van der Waals surface area (Å²) in [7, 11) is 0. The number of amides is 1. The number of rotatable bonds is 1. The highest BCUT2D eigenvalue weighted by molar-refractivity contribution is 7.11. The van der Waals surface area contributed by atoms with Crippen molar-refractivity contribution in [2.45, 2.75) is 44.3 Å². The van der Waals surface area contributed by atoms with Crippen LogP contribution in [-0.4, -0.2) is 57.9 Å². The van der Waals surface area contributed by atoms with E-state index in [0.717, 1.165) is 37.0 Å². The monoisotopic (exact) mass is 390 g/mol. The summed E-state index contributed by atoms with van der Waals surface area (Å²) >= 11 is 1.32. The number of aromatic nitrogens is 1. The molecule has 0 unspecified atom stereocenters.